The highest BCUT2D eigenvalue weighted by Gasteiger charge is 2.55. The van der Waals surface area contributed by atoms with Gasteiger partial charge in [0.15, 0.2) is 0 Å². The van der Waals surface area contributed by atoms with E-state index in [1.165, 1.54) is 0 Å². The van der Waals surface area contributed by atoms with Crippen molar-refractivity contribution in [3.8, 4) is 0 Å². The maximum Gasteiger partial charge on any atom is 0.325 e. The third kappa shape index (κ3) is 3.63. The molecule has 4 amide bonds. The summed E-state index contributed by atoms with van der Waals surface area (Å²) in [5, 5.41) is 5.93. The standard InChI is InChI=1S/C26H29N5O3/c1-17-10-8-9-15-26(17)24(33)31(25(34)29-26)16-21(32)28-22(18-11-4-3-5-12-18)23-27-19-13-6-7-14-20(19)30(23)2/h3-7,11-14,17,22H,8-10,15-16H2,1-2H3,(H,28,32)(H,29,34). The molecular formula is C26H29N5O3. The second-order valence-electron chi connectivity index (χ2n) is 9.37. The highest BCUT2D eigenvalue weighted by molar-refractivity contribution is 6.09. The Kier molecular flexibility index (Phi) is 5.59. The molecule has 2 fully saturated rings. The molecule has 8 nitrogen and oxygen atoms in total. The molecule has 5 rings (SSSR count). The lowest BCUT2D eigenvalue weighted by Gasteiger charge is -2.36. The summed E-state index contributed by atoms with van der Waals surface area (Å²) in [4.78, 5) is 45.1. The first-order chi connectivity index (χ1) is 16.4. The molecular weight excluding hydrogens is 430 g/mol. The zero-order valence-electron chi connectivity index (χ0n) is 19.5. The summed E-state index contributed by atoms with van der Waals surface area (Å²) in [5.41, 5.74) is 1.77. The third-order valence-corrected chi connectivity index (χ3v) is 7.32. The maximum atomic E-state index is 13.3. The van der Waals surface area contributed by atoms with Gasteiger partial charge in [-0.2, -0.15) is 0 Å². The average molecular weight is 460 g/mol. The van der Waals surface area contributed by atoms with Crippen LogP contribution in [0.5, 0.6) is 0 Å². The van der Waals surface area contributed by atoms with E-state index in [9.17, 15) is 14.4 Å². The second-order valence-corrected chi connectivity index (χ2v) is 9.37. The number of fused-ring (bicyclic) bond motifs is 1. The lowest BCUT2D eigenvalue weighted by atomic mass is 9.73. The zero-order valence-corrected chi connectivity index (χ0v) is 19.5. The molecule has 2 N–H and O–H groups in total. The van der Waals surface area contributed by atoms with E-state index in [0.29, 0.717) is 12.2 Å². The van der Waals surface area contributed by atoms with E-state index < -0.39 is 23.5 Å². The molecule has 2 heterocycles. The second kappa shape index (κ2) is 8.59. The van der Waals surface area contributed by atoms with Gasteiger partial charge in [-0.25, -0.2) is 9.78 Å². The minimum absolute atomic E-state index is 0.0443. The van der Waals surface area contributed by atoms with E-state index in [4.69, 9.17) is 4.98 Å². The number of nitrogens with zero attached hydrogens (tertiary/aromatic N) is 3. The predicted octanol–water partition coefficient (Wildman–Crippen LogP) is 3.28. The summed E-state index contributed by atoms with van der Waals surface area (Å²) in [6, 6.07) is 16.3. The van der Waals surface area contributed by atoms with Crippen LogP contribution in [0.2, 0.25) is 0 Å². The number of hydrogen-bond donors (Lipinski definition) is 2. The Morgan fingerprint density at radius 1 is 1.15 bits per heavy atom. The Hall–Kier alpha value is -3.68. The zero-order chi connectivity index (χ0) is 23.9. The Bertz CT molecular complexity index is 1250. The molecule has 34 heavy (non-hydrogen) atoms. The van der Waals surface area contributed by atoms with Gasteiger partial charge in [-0.05, 0) is 36.5 Å². The Balaban J connectivity index is 1.41. The molecule has 0 radical (unpaired) electrons. The Morgan fingerprint density at radius 3 is 2.62 bits per heavy atom. The van der Waals surface area contributed by atoms with E-state index in [2.05, 4.69) is 10.6 Å². The first kappa shape index (κ1) is 22.1. The molecule has 3 aromatic rings. The van der Waals surface area contributed by atoms with Gasteiger partial charge in [0.2, 0.25) is 5.91 Å². The van der Waals surface area contributed by atoms with Gasteiger partial charge < -0.3 is 15.2 Å². The molecule has 2 aliphatic rings. The molecule has 2 aromatic carbocycles. The van der Waals surface area contributed by atoms with Crippen LogP contribution < -0.4 is 10.6 Å². The number of para-hydroxylation sites is 2. The number of aryl methyl sites for hydroxylation is 1. The molecule has 1 aliphatic heterocycles. The van der Waals surface area contributed by atoms with E-state index in [0.717, 1.165) is 40.8 Å². The number of imide groups is 1. The van der Waals surface area contributed by atoms with Gasteiger partial charge in [0, 0.05) is 7.05 Å². The summed E-state index contributed by atoms with van der Waals surface area (Å²) in [6.45, 7) is 1.67. The molecule has 3 atom stereocenters. The Labute approximate surface area is 198 Å². The van der Waals surface area contributed by atoms with Crippen molar-refractivity contribution in [2.24, 2.45) is 13.0 Å². The monoisotopic (exact) mass is 459 g/mol. The van der Waals surface area contributed by atoms with Crippen molar-refractivity contribution >= 4 is 28.9 Å². The maximum absolute atomic E-state index is 13.3. The highest BCUT2D eigenvalue weighted by atomic mass is 16.2. The van der Waals surface area contributed by atoms with Gasteiger partial charge in [-0.15, -0.1) is 0 Å². The lowest BCUT2D eigenvalue weighted by molar-refractivity contribution is -0.137. The third-order valence-electron chi connectivity index (χ3n) is 7.32. The smallest absolute Gasteiger partial charge is 0.325 e. The topological polar surface area (TPSA) is 96.3 Å². The van der Waals surface area contributed by atoms with Crippen LogP contribution in [-0.4, -0.2) is 44.4 Å². The van der Waals surface area contributed by atoms with Crippen molar-refractivity contribution in [2.75, 3.05) is 6.54 Å². The molecule has 1 aromatic heterocycles. The van der Waals surface area contributed by atoms with Crippen LogP contribution in [0.25, 0.3) is 11.0 Å². The molecule has 3 unspecified atom stereocenters. The first-order valence-corrected chi connectivity index (χ1v) is 11.8. The van der Waals surface area contributed by atoms with Crippen molar-refractivity contribution in [3.05, 3.63) is 66.0 Å². The quantitative estimate of drug-likeness (QED) is 0.573. The van der Waals surface area contributed by atoms with Gasteiger partial charge in [-0.1, -0.05) is 62.2 Å². The number of carbonyl (C=O) groups is 3. The molecule has 8 heteroatoms. The van der Waals surface area contributed by atoms with Crippen molar-refractivity contribution in [3.63, 3.8) is 0 Å². The molecule has 1 saturated heterocycles. The van der Waals surface area contributed by atoms with Crippen molar-refractivity contribution in [1.29, 1.82) is 0 Å². The summed E-state index contributed by atoms with van der Waals surface area (Å²) in [7, 11) is 1.92. The van der Waals surface area contributed by atoms with Crippen molar-refractivity contribution in [1.82, 2.24) is 25.1 Å². The van der Waals surface area contributed by atoms with Crippen molar-refractivity contribution in [2.45, 2.75) is 44.2 Å². The number of benzene rings is 2. The number of urea groups is 1. The fraction of sp³-hybridized carbons (Fsp3) is 0.385. The molecule has 1 spiro atoms. The number of amides is 4. The van der Waals surface area contributed by atoms with Crippen LogP contribution in [0, 0.1) is 5.92 Å². The van der Waals surface area contributed by atoms with E-state index in [1.807, 2.05) is 73.1 Å². The van der Waals surface area contributed by atoms with Gasteiger partial charge >= 0.3 is 6.03 Å². The van der Waals surface area contributed by atoms with Crippen LogP contribution in [0.15, 0.2) is 54.6 Å². The van der Waals surface area contributed by atoms with Gasteiger partial charge in [0.05, 0.1) is 11.0 Å². The van der Waals surface area contributed by atoms with E-state index in [1.54, 1.807) is 0 Å². The number of imidazole rings is 1. The number of rotatable bonds is 5. The van der Waals surface area contributed by atoms with Crippen molar-refractivity contribution < 1.29 is 14.4 Å². The summed E-state index contributed by atoms with van der Waals surface area (Å²) < 4.78 is 1.96. The molecule has 1 saturated carbocycles. The SMILES string of the molecule is CC1CCCCC12NC(=O)N(CC(=O)NC(c1ccccc1)c1nc3ccccc3n1C)C2=O. The number of aromatic nitrogens is 2. The normalized spacial score (nSPS) is 23.4. The number of hydrogen-bond acceptors (Lipinski definition) is 4. The van der Waals surface area contributed by atoms with E-state index in [-0.39, 0.29) is 18.4 Å². The van der Waals surface area contributed by atoms with Crippen LogP contribution >= 0.6 is 0 Å². The van der Waals surface area contributed by atoms with Crippen LogP contribution in [-0.2, 0) is 16.6 Å². The predicted molar refractivity (Wildman–Crippen MR) is 128 cm³/mol. The fourth-order valence-electron chi connectivity index (χ4n) is 5.35. The summed E-state index contributed by atoms with van der Waals surface area (Å²) >= 11 is 0. The summed E-state index contributed by atoms with van der Waals surface area (Å²) in [5.74, 6) is 0.0157. The van der Waals surface area contributed by atoms with E-state index >= 15 is 0 Å². The summed E-state index contributed by atoms with van der Waals surface area (Å²) in [6.07, 6.45) is 3.43. The Morgan fingerprint density at radius 2 is 1.88 bits per heavy atom. The lowest BCUT2D eigenvalue weighted by Crippen LogP contribution is -2.54. The minimum atomic E-state index is -0.883. The van der Waals surface area contributed by atoms with Crippen LogP contribution in [0.1, 0.15) is 50.0 Å². The fourth-order valence-corrected chi connectivity index (χ4v) is 5.35. The number of nitrogens with one attached hydrogen (secondary N) is 2. The van der Waals surface area contributed by atoms with Crippen LogP contribution in [0.4, 0.5) is 4.79 Å². The minimum Gasteiger partial charge on any atom is -0.341 e. The number of carbonyl (C=O) groups excluding carboxylic acids is 3. The molecule has 1 aliphatic carbocycles. The largest absolute Gasteiger partial charge is 0.341 e. The highest BCUT2D eigenvalue weighted by Crippen LogP contribution is 2.38. The molecule has 176 valence electrons. The van der Waals surface area contributed by atoms with Gasteiger partial charge in [0.1, 0.15) is 23.9 Å². The van der Waals surface area contributed by atoms with Gasteiger partial charge in [0.25, 0.3) is 5.91 Å². The molecule has 0 bridgehead atoms. The average Bonchev–Trinajstić information content (AvgIpc) is 3.30. The van der Waals surface area contributed by atoms with Crippen LogP contribution in [0.3, 0.4) is 0 Å². The van der Waals surface area contributed by atoms with Gasteiger partial charge in [-0.3, -0.25) is 14.5 Å². The first-order valence-electron chi connectivity index (χ1n) is 11.8.